The highest BCUT2D eigenvalue weighted by molar-refractivity contribution is 9.09. The van der Waals surface area contributed by atoms with Crippen LogP contribution in [0.3, 0.4) is 0 Å². The van der Waals surface area contributed by atoms with Gasteiger partial charge < -0.3 is 4.90 Å². The minimum absolute atomic E-state index is 0.860. The van der Waals surface area contributed by atoms with Crippen LogP contribution in [0.2, 0.25) is 0 Å². The third-order valence-corrected chi connectivity index (χ3v) is 4.01. The molecule has 1 rings (SSSR count). The van der Waals surface area contributed by atoms with E-state index in [4.69, 9.17) is 0 Å². The highest BCUT2D eigenvalue weighted by atomic mass is 79.9. The summed E-state index contributed by atoms with van der Waals surface area (Å²) in [5, 5.41) is 1.17. The number of alkyl halides is 1. The van der Waals surface area contributed by atoms with E-state index >= 15 is 0 Å². The highest BCUT2D eigenvalue weighted by Crippen LogP contribution is 2.30. The van der Waals surface area contributed by atoms with Crippen molar-refractivity contribution in [2.24, 2.45) is 11.8 Å². The van der Waals surface area contributed by atoms with Crippen molar-refractivity contribution in [3.8, 4) is 0 Å². The molecule has 1 unspecified atom stereocenters. The Bertz CT molecular complexity index is 145. The molecule has 0 radical (unpaired) electrons. The maximum atomic E-state index is 3.63. The molecule has 0 spiro atoms. The lowest BCUT2D eigenvalue weighted by Gasteiger charge is -2.25. The second-order valence-electron chi connectivity index (χ2n) is 4.60. The molecule has 0 bridgehead atoms. The van der Waals surface area contributed by atoms with Crippen LogP contribution >= 0.6 is 15.9 Å². The van der Waals surface area contributed by atoms with Crippen LogP contribution < -0.4 is 0 Å². The van der Waals surface area contributed by atoms with Gasteiger partial charge in [0.15, 0.2) is 0 Å². The summed E-state index contributed by atoms with van der Waals surface area (Å²) < 4.78 is 0. The van der Waals surface area contributed by atoms with E-state index in [0.29, 0.717) is 0 Å². The molecule has 0 aromatic carbocycles. The van der Waals surface area contributed by atoms with Gasteiger partial charge in [0.25, 0.3) is 0 Å². The molecule has 0 aromatic rings. The normalized spacial score (nSPS) is 18.9. The van der Waals surface area contributed by atoms with Gasteiger partial charge in [-0.05, 0) is 37.6 Å². The van der Waals surface area contributed by atoms with Crippen molar-refractivity contribution in [3.05, 3.63) is 0 Å². The molecule has 1 aliphatic carbocycles. The largest absolute Gasteiger partial charge is 0.303 e. The summed E-state index contributed by atoms with van der Waals surface area (Å²) in [5.74, 6) is 1.89. The number of halogens is 1. The molecule has 14 heavy (non-hydrogen) atoms. The number of hydrogen-bond acceptors (Lipinski definition) is 1. The van der Waals surface area contributed by atoms with Crippen LogP contribution in [0.25, 0.3) is 0 Å². The van der Waals surface area contributed by atoms with Crippen LogP contribution in [0.15, 0.2) is 0 Å². The molecule has 84 valence electrons. The molecular weight excluding hydrogens is 238 g/mol. The molecule has 0 saturated heterocycles. The SMILES string of the molecule is CCCC(CBr)CN(CC)CC1CC1. The van der Waals surface area contributed by atoms with E-state index in [1.54, 1.807) is 0 Å². The third-order valence-electron chi connectivity index (χ3n) is 3.09. The zero-order valence-corrected chi connectivity index (χ0v) is 11.2. The molecule has 0 aromatic heterocycles. The highest BCUT2D eigenvalue weighted by Gasteiger charge is 2.24. The Hall–Kier alpha value is 0.440. The second-order valence-corrected chi connectivity index (χ2v) is 5.25. The van der Waals surface area contributed by atoms with Crippen molar-refractivity contribution in [3.63, 3.8) is 0 Å². The summed E-state index contributed by atoms with van der Waals surface area (Å²) in [6.45, 7) is 8.45. The van der Waals surface area contributed by atoms with Gasteiger partial charge in [-0.25, -0.2) is 0 Å². The zero-order valence-electron chi connectivity index (χ0n) is 9.64. The average molecular weight is 262 g/mol. The Morgan fingerprint density at radius 1 is 1.36 bits per heavy atom. The lowest BCUT2D eigenvalue weighted by Crippen LogP contribution is -2.31. The summed E-state index contributed by atoms with van der Waals surface area (Å²) in [5.41, 5.74) is 0. The van der Waals surface area contributed by atoms with Crippen LogP contribution in [0, 0.1) is 11.8 Å². The van der Waals surface area contributed by atoms with E-state index < -0.39 is 0 Å². The molecule has 1 nitrogen and oxygen atoms in total. The van der Waals surface area contributed by atoms with E-state index in [0.717, 1.165) is 11.8 Å². The molecule has 0 heterocycles. The van der Waals surface area contributed by atoms with Gasteiger partial charge in [0.2, 0.25) is 0 Å². The third kappa shape index (κ3) is 4.79. The van der Waals surface area contributed by atoms with Gasteiger partial charge >= 0.3 is 0 Å². The van der Waals surface area contributed by atoms with E-state index in [1.165, 1.54) is 50.6 Å². The lowest BCUT2D eigenvalue weighted by molar-refractivity contribution is 0.236. The van der Waals surface area contributed by atoms with Gasteiger partial charge in [-0.2, -0.15) is 0 Å². The minimum atomic E-state index is 0.860. The van der Waals surface area contributed by atoms with Crippen molar-refractivity contribution in [2.45, 2.75) is 39.5 Å². The van der Waals surface area contributed by atoms with Crippen LogP contribution in [-0.4, -0.2) is 29.9 Å². The zero-order chi connectivity index (χ0) is 10.4. The van der Waals surface area contributed by atoms with Gasteiger partial charge in [0, 0.05) is 18.4 Å². The molecule has 0 amide bonds. The fraction of sp³-hybridized carbons (Fsp3) is 1.00. The van der Waals surface area contributed by atoms with E-state index in [9.17, 15) is 0 Å². The first-order valence-electron chi connectivity index (χ1n) is 6.08. The number of hydrogen-bond donors (Lipinski definition) is 0. The van der Waals surface area contributed by atoms with Crippen LogP contribution in [-0.2, 0) is 0 Å². The summed E-state index contributed by atoms with van der Waals surface area (Å²) in [7, 11) is 0. The number of rotatable bonds is 8. The first-order valence-corrected chi connectivity index (χ1v) is 7.20. The van der Waals surface area contributed by atoms with Crippen LogP contribution in [0.4, 0.5) is 0 Å². The van der Waals surface area contributed by atoms with Crippen molar-refractivity contribution in [1.29, 1.82) is 0 Å². The maximum absolute atomic E-state index is 3.63. The molecule has 0 N–H and O–H groups in total. The monoisotopic (exact) mass is 261 g/mol. The topological polar surface area (TPSA) is 3.24 Å². The fourth-order valence-electron chi connectivity index (χ4n) is 1.99. The van der Waals surface area contributed by atoms with Crippen molar-refractivity contribution >= 4 is 15.9 Å². The average Bonchev–Trinajstić information content (AvgIpc) is 2.99. The Kier molecular flexibility index (Phi) is 6.11. The van der Waals surface area contributed by atoms with Gasteiger partial charge in [0.1, 0.15) is 0 Å². The van der Waals surface area contributed by atoms with Gasteiger partial charge in [-0.1, -0.05) is 36.2 Å². The minimum Gasteiger partial charge on any atom is -0.303 e. The van der Waals surface area contributed by atoms with Gasteiger partial charge in [0.05, 0.1) is 0 Å². The molecule has 2 heteroatoms. The standard InChI is InChI=1S/C12H24BrN/c1-3-5-12(8-13)10-14(4-2)9-11-6-7-11/h11-12H,3-10H2,1-2H3. The first kappa shape index (κ1) is 12.5. The van der Waals surface area contributed by atoms with E-state index in [1.807, 2.05) is 0 Å². The first-order chi connectivity index (χ1) is 6.80. The van der Waals surface area contributed by atoms with E-state index in [-0.39, 0.29) is 0 Å². The summed E-state index contributed by atoms with van der Waals surface area (Å²) in [6.07, 6.45) is 5.64. The molecule has 1 atom stereocenters. The Labute approximate surface area is 97.4 Å². The van der Waals surface area contributed by atoms with Crippen LogP contribution in [0.1, 0.15) is 39.5 Å². The quantitative estimate of drug-likeness (QED) is 0.605. The van der Waals surface area contributed by atoms with E-state index in [2.05, 4.69) is 34.7 Å². The molecule has 0 aliphatic heterocycles. The lowest BCUT2D eigenvalue weighted by atomic mass is 10.1. The smallest absolute Gasteiger partial charge is 0.00718 e. The Morgan fingerprint density at radius 3 is 2.50 bits per heavy atom. The van der Waals surface area contributed by atoms with Crippen LogP contribution in [0.5, 0.6) is 0 Å². The Balaban J connectivity index is 2.20. The maximum Gasteiger partial charge on any atom is 0.00718 e. The van der Waals surface area contributed by atoms with Gasteiger partial charge in [-0.15, -0.1) is 0 Å². The predicted molar refractivity (Wildman–Crippen MR) is 67.0 cm³/mol. The van der Waals surface area contributed by atoms with Crippen molar-refractivity contribution < 1.29 is 0 Å². The molecule has 1 fully saturated rings. The summed E-state index contributed by atoms with van der Waals surface area (Å²) in [4.78, 5) is 2.64. The van der Waals surface area contributed by atoms with Crippen molar-refractivity contribution in [2.75, 3.05) is 25.0 Å². The fourth-order valence-corrected chi connectivity index (χ4v) is 2.52. The molecule has 1 aliphatic rings. The number of nitrogens with zero attached hydrogens (tertiary/aromatic N) is 1. The molecular formula is C12H24BrN. The predicted octanol–water partition coefficient (Wildman–Crippen LogP) is 3.53. The Morgan fingerprint density at radius 2 is 2.07 bits per heavy atom. The summed E-state index contributed by atoms with van der Waals surface area (Å²) in [6, 6.07) is 0. The molecule has 1 saturated carbocycles. The van der Waals surface area contributed by atoms with Crippen molar-refractivity contribution in [1.82, 2.24) is 4.90 Å². The van der Waals surface area contributed by atoms with Gasteiger partial charge in [-0.3, -0.25) is 0 Å². The second kappa shape index (κ2) is 6.84. The summed E-state index contributed by atoms with van der Waals surface area (Å²) >= 11 is 3.63.